The van der Waals surface area contributed by atoms with Crippen LogP contribution in [0.3, 0.4) is 0 Å². The summed E-state index contributed by atoms with van der Waals surface area (Å²) in [7, 11) is 1.66. The summed E-state index contributed by atoms with van der Waals surface area (Å²) in [5, 5.41) is 12.2. The maximum atomic E-state index is 12.5. The quantitative estimate of drug-likeness (QED) is 0.210. The van der Waals surface area contributed by atoms with Crippen molar-refractivity contribution in [2.24, 2.45) is 0 Å². The predicted molar refractivity (Wildman–Crippen MR) is 122 cm³/mol. The lowest BCUT2D eigenvalue weighted by atomic mass is 10.2. The monoisotopic (exact) mass is 458 g/mol. The zero-order valence-corrected chi connectivity index (χ0v) is 18.8. The highest BCUT2D eigenvalue weighted by Crippen LogP contribution is 2.24. The number of hydrogen-bond acceptors (Lipinski definition) is 10. The molecule has 0 atom stereocenters. The highest BCUT2D eigenvalue weighted by Gasteiger charge is 2.14. The second kappa shape index (κ2) is 9.98. The molecule has 4 rings (SSSR count). The van der Waals surface area contributed by atoms with Crippen LogP contribution in [-0.2, 0) is 11.3 Å². The third-order valence-corrected chi connectivity index (χ3v) is 5.76. The van der Waals surface area contributed by atoms with E-state index in [4.69, 9.17) is 4.74 Å². The van der Waals surface area contributed by atoms with Crippen LogP contribution < -0.4 is 10.6 Å². The number of methoxy groups -OCH3 is 1. The third kappa shape index (κ3) is 4.92. The number of ether oxygens (including phenoxy) is 1. The Bertz CT molecular complexity index is 1190. The van der Waals surface area contributed by atoms with Gasteiger partial charge in [0, 0.05) is 25.8 Å². The standard InChI is InChI=1S/C19H22N8O2S2/c1-3-30-19-23-16(20-7-9-29-2)13-11-22-27(17(13)24-19)8-6-21-18(28)12-4-5-14-15(10-12)26-31-25-14/h4-5,10-11H,3,6-9H2,1-2H3,(H,21,28)(H,20,23,24). The van der Waals surface area contributed by atoms with E-state index in [0.717, 1.165) is 45.4 Å². The first kappa shape index (κ1) is 21.4. The molecule has 0 aliphatic heterocycles. The minimum absolute atomic E-state index is 0.162. The molecule has 162 valence electrons. The van der Waals surface area contributed by atoms with Crippen molar-refractivity contribution in [2.45, 2.75) is 18.6 Å². The SMILES string of the molecule is CCSc1nc(NCCOC)c2cnn(CCNC(=O)c3ccc4nsnc4c3)c2n1. The molecule has 0 saturated carbocycles. The van der Waals surface area contributed by atoms with E-state index in [1.807, 2.05) is 0 Å². The van der Waals surface area contributed by atoms with Gasteiger partial charge in [-0.2, -0.15) is 13.8 Å². The van der Waals surface area contributed by atoms with E-state index in [9.17, 15) is 4.79 Å². The van der Waals surface area contributed by atoms with Crippen LogP contribution in [0.5, 0.6) is 0 Å². The van der Waals surface area contributed by atoms with Crippen LogP contribution in [-0.4, -0.2) is 67.0 Å². The topological polar surface area (TPSA) is 120 Å². The second-order valence-electron chi connectivity index (χ2n) is 6.54. The largest absolute Gasteiger partial charge is 0.383 e. The summed E-state index contributed by atoms with van der Waals surface area (Å²) in [5.74, 6) is 1.44. The number of aromatic nitrogens is 6. The van der Waals surface area contributed by atoms with E-state index in [-0.39, 0.29) is 5.91 Å². The van der Waals surface area contributed by atoms with Gasteiger partial charge < -0.3 is 15.4 Å². The molecule has 0 radical (unpaired) electrons. The normalized spacial score (nSPS) is 11.3. The fourth-order valence-corrected chi connectivity index (χ4v) is 4.08. The number of nitrogens with zero attached hydrogens (tertiary/aromatic N) is 6. The number of nitrogens with one attached hydrogen (secondary N) is 2. The average Bonchev–Trinajstić information content (AvgIpc) is 3.40. The van der Waals surface area contributed by atoms with Crippen LogP contribution in [0.4, 0.5) is 5.82 Å². The van der Waals surface area contributed by atoms with Gasteiger partial charge in [0.15, 0.2) is 10.8 Å². The molecule has 10 nitrogen and oxygen atoms in total. The molecule has 0 aliphatic carbocycles. The number of hydrogen-bond donors (Lipinski definition) is 2. The van der Waals surface area contributed by atoms with E-state index in [0.29, 0.717) is 37.0 Å². The van der Waals surface area contributed by atoms with E-state index in [1.165, 1.54) is 0 Å². The highest BCUT2D eigenvalue weighted by molar-refractivity contribution is 7.99. The summed E-state index contributed by atoms with van der Waals surface area (Å²) in [6.45, 7) is 4.17. The Kier molecular flexibility index (Phi) is 6.89. The maximum absolute atomic E-state index is 12.5. The van der Waals surface area contributed by atoms with Gasteiger partial charge >= 0.3 is 0 Å². The van der Waals surface area contributed by atoms with E-state index in [1.54, 1.807) is 47.9 Å². The maximum Gasteiger partial charge on any atom is 0.251 e. The number of carbonyl (C=O) groups excluding carboxylic acids is 1. The molecule has 0 spiro atoms. The lowest BCUT2D eigenvalue weighted by Gasteiger charge is -2.09. The molecule has 0 bridgehead atoms. The molecule has 3 aromatic heterocycles. The summed E-state index contributed by atoms with van der Waals surface area (Å²) in [4.78, 5) is 21.8. The Morgan fingerprint density at radius 2 is 2.10 bits per heavy atom. The van der Waals surface area contributed by atoms with Gasteiger partial charge in [-0.25, -0.2) is 14.6 Å². The third-order valence-electron chi connectivity index (χ3n) is 4.47. The first-order valence-electron chi connectivity index (χ1n) is 9.79. The molecule has 0 aliphatic rings. The number of fused-ring (bicyclic) bond motifs is 2. The van der Waals surface area contributed by atoms with Crippen molar-refractivity contribution in [1.82, 2.24) is 33.8 Å². The summed E-state index contributed by atoms with van der Waals surface area (Å²) in [6, 6.07) is 5.30. The number of amides is 1. The van der Waals surface area contributed by atoms with Gasteiger partial charge in [-0.3, -0.25) is 4.79 Å². The molecule has 0 unspecified atom stereocenters. The highest BCUT2D eigenvalue weighted by atomic mass is 32.2. The fourth-order valence-electron chi connectivity index (χ4n) is 3.00. The molecule has 4 aromatic rings. The zero-order chi connectivity index (χ0) is 21.6. The fraction of sp³-hybridized carbons (Fsp3) is 0.368. The molecular formula is C19H22N8O2S2. The molecular weight excluding hydrogens is 436 g/mol. The van der Waals surface area contributed by atoms with Crippen molar-refractivity contribution in [3.63, 3.8) is 0 Å². The smallest absolute Gasteiger partial charge is 0.251 e. The van der Waals surface area contributed by atoms with E-state index in [2.05, 4.69) is 41.4 Å². The summed E-state index contributed by atoms with van der Waals surface area (Å²) in [6.07, 6.45) is 1.75. The number of anilines is 1. The van der Waals surface area contributed by atoms with Crippen molar-refractivity contribution in [2.75, 3.05) is 37.9 Å². The van der Waals surface area contributed by atoms with E-state index >= 15 is 0 Å². The van der Waals surface area contributed by atoms with Crippen molar-refractivity contribution in [3.8, 4) is 0 Å². The van der Waals surface area contributed by atoms with Gasteiger partial charge in [0.1, 0.15) is 16.9 Å². The molecule has 0 fully saturated rings. The van der Waals surface area contributed by atoms with Crippen LogP contribution in [0.2, 0.25) is 0 Å². The lowest BCUT2D eigenvalue weighted by Crippen LogP contribution is -2.27. The van der Waals surface area contributed by atoms with E-state index < -0.39 is 0 Å². The average molecular weight is 459 g/mol. The lowest BCUT2D eigenvalue weighted by molar-refractivity contribution is 0.0952. The Morgan fingerprint density at radius 3 is 2.94 bits per heavy atom. The minimum atomic E-state index is -0.162. The Balaban J connectivity index is 1.46. The van der Waals surface area contributed by atoms with Crippen molar-refractivity contribution in [3.05, 3.63) is 30.0 Å². The second-order valence-corrected chi connectivity index (χ2v) is 8.30. The first-order chi connectivity index (χ1) is 15.2. The van der Waals surface area contributed by atoms with Gasteiger partial charge in [0.25, 0.3) is 5.91 Å². The molecule has 0 saturated heterocycles. The van der Waals surface area contributed by atoms with Crippen LogP contribution in [0, 0.1) is 0 Å². The molecule has 2 N–H and O–H groups in total. The molecule has 1 amide bonds. The van der Waals surface area contributed by atoms with Crippen LogP contribution in [0.15, 0.2) is 29.6 Å². The van der Waals surface area contributed by atoms with Gasteiger partial charge in [0.05, 0.1) is 36.5 Å². The van der Waals surface area contributed by atoms with Crippen LogP contribution in [0.1, 0.15) is 17.3 Å². The Morgan fingerprint density at radius 1 is 1.23 bits per heavy atom. The van der Waals surface area contributed by atoms with Crippen molar-refractivity contribution < 1.29 is 9.53 Å². The summed E-state index contributed by atoms with van der Waals surface area (Å²) in [5.41, 5.74) is 2.80. The van der Waals surface area contributed by atoms with Crippen molar-refractivity contribution >= 4 is 57.3 Å². The number of carbonyl (C=O) groups is 1. The summed E-state index contributed by atoms with van der Waals surface area (Å²) < 4.78 is 15.2. The van der Waals surface area contributed by atoms with Gasteiger partial charge in [-0.15, -0.1) is 0 Å². The van der Waals surface area contributed by atoms with Crippen LogP contribution in [0.25, 0.3) is 22.1 Å². The molecule has 1 aromatic carbocycles. The van der Waals surface area contributed by atoms with Crippen molar-refractivity contribution in [1.29, 1.82) is 0 Å². The number of rotatable bonds is 10. The molecule has 12 heteroatoms. The summed E-state index contributed by atoms with van der Waals surface area (Å²) >= 11 is 2.70. The zero-order valence-electron chi connectivity index (χ0n) is 17.2. The minimum Gasteiger partial charge on any atom is -0.383 e. The number of benzene rings is 1. The Labute approximate surface area is 187 Å². The van der Waals surface area contributed by atoms with Crippen LogP contribution >= 0.6 is 23.5 Å². The molecule has 3 heterocycles. The van der Waals surface area contributed by atoms with Gasteiger partial charge in [-0.05, 0) is 24.0 Å². The van der Waals surface area contributed by atoms with Gasteiger partial charge in [-0.1, -0.05) is 18.7 Å². The van der Waals surface area contributed by atoms with Gasteiger partial charge in [0.2, 0.25) is 0 Å². The predicted octanol–water partition coefficient (Wildman–Crippen LogP) is 2.43. The Hall–Kier alpha value is -2.83. The molecule has 31 heavy (non-hydrogen) atoms. The first-order valence-corrected chi connectivity index (χ1v) is 11.5. The number of thioether (sulfide) groups is 1.